The van der Waals surface area contributed by atoms with Crippen LogP contribution in [0.15, 0.2) is 0 Å². The summed E-state index contributed by atoms with van der Waals surface area (Å²) in [6.45, 7) is 6.24. The van der Waals surface area contributed by atoms with Gasteiger partial charge in [-0.15, -0.1) is 4.59 Å². The molecule has 0 aromatic rings. The van der Waals surface area contributed by atoms with Crippen LogP contribution in [0, 0.1) is 23.7 Å². The van der Waals surface area contributed by atoms with E-state index >= 15 is 0 Å². The molecule has 4 N–H and O–H groups in total. The third-order valence-electron chi connectivity index (χ3n) is 7.46. The second-order valence-electron chi connectivity index (χ2n) is 9.52. The van der Waals surface area contributed by atoms with Gasteiger partial charge < -0.3 is 4.74 Å². The van der Waals surface area contributed by atoms with Crippen LogP contribution in [-0.2, 0) is 4.74 Å². The van der Waals surface area contributed by atoms with Crippen molar-refractivity contribution in [3.05, 3.63) is 0 Å². The molecule has 4 aliphatic rings. The molecule has 5 heteroatoms. The first-order valence-electron chi connectivity index (χ1n) is 9.77. The molecule has 5 nitrogen and oxygen atoms in total. The van der Waals surface area contributed by atoms with Gasteiger partial charge in [0, 0.05) is 18.3 Å². The third-order valence-corrected chi connectivity index (χ3v) is 7.46. The van der Waals surface area contributed by atoms with Crippen molar-refractivity contribution in [3.63, 3.8) is 0 Å². The Hall–Kier alpha value is -0.650. The molecule has 138 valence electrons. The van der Waals surface area contributed by atoms with Crippen LogP contribution in [-0.4, -0.2) is 29.0 Å². The van der Waals surface area contributed by atoms with Crippen molar-refractivity contribution < 1.29 is 14.1 Å². The van der Waals surface area contributed by atoms with Crippen molar-refractivity contribution in [2.45, 2.75) is 83.4 Å². The molecule has 1 unspecified atom stereocenters. The van der Waals surface area contributed by atoms with Gasteiger partial charge in [-0.05, 0) is 64.2 Å². The van der Waals surface area contributed by atoms with E-state index in [1.54, 1.807) is 7.05 Å². The van der Waals surface area contributed by atoms with E-state index in [0.717, 1.165) is 56.8 Å². The molecule has 0 aliphatic heterocycles. The zero-order valence-electron chi connectivity index (χ0n) is 15.9. The van der Waals surface area contributed by atoms with Crippen molar-refractivity contribution in [2.24, 2.45) is 35.2 Å². The molecular formula is C19H36N3O2+. The lowest BCUT2D eigenvalue weighted by Crippen LogP contribution is -2.72. The van der Waals surface area contributed by atoms with Crippen LogP contribution in [0.1, 0.15) is 72.1 Å². The Kier molecular flexibility index (Phi) is 4.51. The number of unbranched alkanes of at least 4 members (excludes halogenated alkanes) is 1. The number of ether oxygens (including phenoxy) is 1. The van der Waals surface area contributed by atoms with E-state index in [1.807, 2.05) is 13.8 Å². The Balaban J connectivity index is 1.74. The van der Waals surface area contributed by atoms with Gasteiger partial charge in [-0.1, -0.05) is 13.3 Å². The molecule has 4 fully saturated rings. The number of amides is 1. The van der Waals surface area contributed by atoms with Crippen LogP contribution in [0.3, 0.4) is 0 Å². The van der Waals surface area contributed by atoms with Crippen molar-refractivity contribution in [1.29, 1.82) is 0 Å². The third kappa shape index (κ3) is 2.78. The number of nitrogens with zero attached hydrogens (tertiary/aromatic N) is 1. The van der Waals surface area contributed by atoms with Crippen LogP contribution < -0.4 is 11.6 Å². The summed E-state index contributed by atoms with van der Waals surface area (Å²) in [4.78, 5) is 13.0. The highest BCUT2D eigenvalue weighted by Gasteiger charge is 2.60. The minimum absolute atomic E-state index is 0.252. The van der Waals surface area contributed by atoms with Gasteiger partial charge in [0.2, 0.25) is 0 Å². The van der Waals surface area contributed by atoms with Gasteiger partial charge in [0.25, 0.3) is 0 Å². The number of quaternary nitrogens is 1. The molecule has 4 bridgehead atoms. The molecule has 0 spiro atoms. The molecule has 1 atom stereocenters. The highest BCUT2D eigenvalue weighted by molar-refractivity contribution is 5.60. The first-order valence-corrected chi connectivity index (χ1v) is 9.77. The predicted molar refractivity (Wildman–Crippen MR) is 94.4 cm³/mol. The first-order chi connectivity index (χ1) is 11.1. The van der Waals surface area contributed by atoms with Crippen molar-refractivity contribution in [3.8, 4) is 0 Å². The Morgan fingerprint density at radius 1 is 1.17 bits per heavy atom. The number of carbonyl (C=O) groups is 1. The zero-order chi connectivity index (χ0) is 17.8. The second-order valence-corrected chi connectivity index (χ2v) is 9.52. The van der Waals surface area contributed by atoms with E-state index in [4.69, 9.17) is 16.3 Å². The lowest BCUT2D eigenvalue weighted by molar-refractivity contribution is -0.900. The minimum atomic E-state index is -0.801. The van der Waals surface area contributed by atoms with E-state index in [1.165, 1.54) is 6.42 Å². The van der Waals surface area contributed by atoms with E-state index in [2.05, 4.69) is 6.92 Å². The second kappa shape index (κ2) is 5.96. The number of hydrogen-bond acceptors (Lipinski definition) is 4. The van der Waals surface area contributed by atoms with Crippen LogP contribution >= 0.6 is 0 Å². The molecular weight excluding hydrogens is 302 g/mol. The zero-order valence-corrected chi connectivity index (χ0v) is 15.9. The van der Waals surface area contributed by atoms with Crippen LogP contribution in [0.4, 0.5) is 4.79 Å². The monoisotopic (exact) mass is 338 g/mol. The highest BCUT2D eigenvalue weighted by atomic mass is 16.6. The van der Waals surface area contributed by atoms with Gasteiger partial charge in [0.1, 0.15) is 5.54 Å². The van der Waals surface area contributed by atoms with Gasteiger partial charge in [-0.3, -0.25) is 5.73 Å². The molecule has 4 aliphatic carbocycles. The Labute approximate surface area is 146 Å². The summed E-state index contributed by atoms with van der Waals surface area (Å²) in [6.07, 6.45) is 8.47. The Bertz CT molecular complexity index is 473. The molecule has 0 aromatic heterocycles. The van der Waals surface area contributed by atoms with Crippen molar-refractivity contribution in [2.75, 3.05) is 7.05 Å². The average Bonchev–Trinajstić information content (AvgIpc) is 2.50. The highest BCUT2D eigenvalue weighted by Crippen LogP contribution is 2.57. The average molecular weight is 339 g/mol. The molecule has 0 saturated heterocycles. The maximum Gasteiger partial charge on any atom is 0.537 e. The molecule has 0 radical (unpaired) electrons. The van der Waals surface area contributed by atoms with Crippen LogP contribution in [0.2, 0.25) is 0 Å². The fraction of sp³-hybridized carbons (Fsp3) is 0.947. The Morgan fingerprint density at radius 3 is 2.12 bits per heavy atom. The fourth-order valence-electron chi connectivity index (χ4n) is 5.42. The predicted octanol–water partition coefficient (Wildman–Crippen LogP) is 3.52. The normalized spacial score (nSPS) is 40.4. The molecule has 1 amide bonds. The first kappa shape index (κ1) is 18.2. The van der Waals surface area contributed by atoms with Gasteiger partial charge in [0.05, 0.1) is 7.05 Å². The van der Waals surface area contributed by atoms with Crippen molar-refractivity contribution in [1.82, 2.24) is 0 Å². The Morgan fingerprint density at radius 2 is 1.67 bits per heavy atom. The minimum Gasteiger partial charge on any atom is -0.397 e. The summed E-state index contributed by atoms with van der Waals surface area (Å²) in [5.41, 5.74) is 5.56. The fourth-order valence-corrected chi connectivity index (χ4v) is 5.42. The van der Waals surface area contributed by atoms with Crippen molar-refractivity contribution >= 4 is 6.09 Å². The maximum atomic E-state index is 13.0. The standard InChI is InChI=1S/C19H36N3O2/c1-5-6-7-18(2,3)22(4,21)17(23)24-19(20)15-9-13-8-14(11-15)12-16(19)10-13/h13-16H,5-12,20-21H2,1-4H3/q+1. The van der Waals surface area contributed by atoms with E-state index in [0.29, 0.717) is 11.8 Å². The topological polar surface area (TPSA) is 78.3 Å². The summed E-state index contributed by atoms with van der Waals surface area (Å²) >= 11 is 0. The van der Waals surface area contributed by atoms with E-state index in [9.17, 15) is 4.79 Å². The van der Waals surface area contributed by atoms with Gasteiger partial charge in [-0.25, -0.2) is 0 Å². The lowest BCUT2D eigenvalue weighted by Gasteiger charge is -2.58. The van der Waals surface area contributed by atoms with Gasteiger partial charge >= 0.3 is 6.09 Å². The SMILES string of the molecule is CCCCC(C)(C)[N+](C)(N)C(=O)OC1(N)C2CC3CC(C2)CC1C3. The lowest BCUT2D eigenvalue weighted by atomic mass is 9.52. The summed E-state index contributed by atoms with van der Waals surface area (Å²) in [6, 6.07) is 0. The molecule has 0 aromatic carbocycles. The van der Waals surface area contributed by atoms with Gasteiger partial charge in [-0.2, -0.15) is 10.6 Å². The van der Waals surface area contributed by atoms with Gasteiger partial charge in [0.15, 0.2) is 5.72 Å². The maximum absolute atomic E-state index is 13.0. The molecule has 4 rings (SSSR count). The number of nitrogens with two attached hydrogens (primary N) is 2. The van der Waals surface area contributed by atoms with Crippen LogP contribution in [0.25, 0.3) is 0 Å². The number of carbonyl (C=O) groups excluding carboxylic acids is 1. The molecule has 0 heterocycles. The smallest absolute Gasteiger partial charge is 0.397 e. The summed E-state index contributed by atoms with van der Waals surface area (Å²) in [7, 11) is 1.76. The number of hydrogen-bond donors (Lipinski definition) is 2. The summed E-state index contributed by atoms with van der Waals surface area (Å²) < 4.78 is 5.78. The molecule has 24 heavy (non-hydrogen) atoms. The van der Waals surface area contributed by atoms with E-state index < -0.39 is 5.72 Å². The number of rotatable bonds is 5. The summed E-state index contributed by atoms with van der Waals surface area (Å²) in [5.74, 6) is 8.67. The largest absolute Gasteiger partial charge is 0.537 e. The van der Waals surface area contributed by atoms with E-state index in [-0.39, 0.29) is 16.2 Å². The van der Waals surface area contributed by atoms with Crippen LogP contribution in [0.5, 0.6) is 0 Å². The quantitative estimate of drug-likeness (QED) is 0.264. The molecule has 4 saturated carbocycles. The summed E-state index contributed by atoms with van der Waals surface area (Å²) in [5, 5.41) is 0.